The first-order valence-corrected chi connectivity index (χ1v) is 14.7. The van der Waals surface area contributed by atoms with Crippen LogP contribution in [0.5, 0.6) is 5.75 Å². The van der Waals surface area contributed by atoms with E-state index in [0.29, 0.717) is 49.0 Å². The number of aromatic hydroxyl groups is 1. The van der Waals surface area contributed by atoms with Gasteiger partial charge in [-0.15, -0.1) is 0 Å². The quantitative estimate of drug-likeness (QED) is 0.288. The second-order valence-corrected chi connectivity index (χ2v) is 12.0. The Morgan fingerprint density at radius 2 is 1.69 bits per heavy atom. The van der Waals surface area contributed by atoms with Crippen LogP contribution in [0.2, 0.25) is 0 Å². The average Bonchev–Trinajstić information content (AvgIpc) is 2.94. The molecule has 3 aromatic rings. The van der Waals surface area contributed by atoms with Crippen molar-refractivity contribution in [1.82, 2.24) is 0 Å². The zero-order valence-electron chi connectivity index (χ0n) is 23.1. The lowest BCUT2D eigenvalue weighted by Crippen LogP contribution is -2.51. The van der Waals surface area contributed by atoms with Crippen LogP contribution in [0.15, 0.2) is 65.6 Å². The van der Waals surface area contributed by atoms with E-state index in [-0.39, 0.29) is 11.7 Å². The predicted octanol–water partition coefficient (Wildman–Crippen LogP) is 5.84. The molecule has 1 heterocycles. The number of phenols is 1. The Balaban J connectivity index is 0.000000218. The van der Waals surface area contributed by atoms with Crippen LogP contribution in [0.4, 0.5) is 5.69 Å². The van der Waals surface area contributed by atoms with Crippen molar-refractivity contribution in [3.05, 3.63) is 66.2 Å². The van der Waals surface area contributed by atoms with Crippen molar-refractivity contribution in [2.75, 3.05) is 18.5 Å². The fraction of sp³-hybridized carbons (Fsp3) is 0.419. The van der Waals surface area contributed by atoms with Crippen LogP contribution < -0.4 is 11.1 Å². The van der Waals surface area contributed by atoms with Gasteiger partial charge < -0.3 is 20.9 Å². The third kappa shape index (κ3) is 8.13. The zero-order valence-corrected chi connectivity index (χ0v) is 23.9. The lowest BCUT2D eigenvalue weighted by molar-refractivity contribution is -0.122. The first-order valence-electron chi connectivity index (χ1n) is 13.5. The van der Waals surface area contributed by atoms with Crippen LogP contribution in [0.25, 0.3) is 10.8 Å². The minimum absolute atomic E-state index is 0.0381. The number of hydrogen-bond acceptors (Lipinski definition) is 5. The van der Waals surface area contributed by atoms with Crippen LogP contribution in [-0.2, 0) is 25.1 Å². The molecular weight excluding hydrogens is 512 g/mol. The molecule has 210 valence electrons. The molecular formula is C31H40N2O5S. The Kier molecular flexibility index (Phi) is 11.1. The summed E-state index contributed by atoms with van der Waals surface area (Å²) in [5, 5.41) is 14.8. The standard InChI is InChI=1S/C18H23NO2.C13H17NO3S/c1-3-13(2)7-6-10-18(21)19-16-11-14-8-4-5-9-15(14)12-17(16)20;1-10-2-4-11(5-3-10)18(16)13(12(14)15)6-8-17-9-7-13/h4-5,8-9,11-13,20H,3,6-7,10H2,1-2H3,(H,19,21);2-5H,6-9H2,1H3,(H2,14,15). The minimum Gasteiger partial charge on any atom is -0.506 e. The summed E-state index contributed by atoms with van der Waals surface area (Å²) < 4.78 is 16.9. The van der Waals surface area contributed by atoms with Crippen molar-refractivity contribution in [3.8, 4) is 5.75 Å². The highest BCUT2D eigenvalue weighted by Gasteiger charge is 2.45. The number of benzene rings is 3. The maximum Gasteiger partial charge on any atom is 0.236 e. The number of hydrogen-bond donors (Lipinski definition) is 3. The van der Waals surface area contributed by atoms with E-state index >= 15 is 0 Å². The monoisotopic (exact) mass is 552 g/mol. The first-order chi connectivity index (χ1) is 18.7. The second kappa shape index (κ2) is 14.2. The van der Waals surface area contributed by atoms with E-state index in [0.717, 1.165) is 35.6 Å². The number of nitrogens with two attached hydrogens (primary N) is 1. The normalized spacial score (nSPS) is 16.0. The molecule has 4 rings (SSSR count). The van der Waals surface area contributed by atoms with Gasteiger partial charge in [0.05, 0.1) is 16.5 Å². The molecule has 2 unspecified atom stereocenters. The van der Waals surface area contributed by atoms with Crippen LogP contribution in [0.3, 0.4) is 0 Å². The number of phenolic OH excluding ortho intramolecular Hbond substituents is 1. The molecule has 1 aliphatic heterocycles. The van der Waals surface area contributed by atoms with Crippen molar-refractivity contribution in [1.29, 1.82) is 0 Å². The average molecular weight is 553 g/mol. The van der Waals surface area contributed by atoms with Gasteiger partial charge in [-0.05, 0) is 67.1 Å². The van der Waals surface area contributed by atoms with Gasteiger partial charge in [-0.1, -0.05) is 68.7 Å². The number of fused-ring (bicyclic) bond motifs is 1. The van der Waals surface area contributed by atoms with Gasteiger partial charge in [0.2, 0.25) is 11.8 Å². The highest BCUT2D eigenvalue weighted by molar-refractivity contribution is 7.87. The number of ether oxygens (including phenoxy) is 1. The van der Waals surface area contributed by atoms with Crippen molar-refractivity contribution in [2.45, 2.75) is 68.9 Å². The van der Waals surface area contributed by atoms with E-state index in [1.807, 2.05) is 49.4 Å². The lowest BCUT2D eigenvalue weighted by atomic mass is 9.98. The molecule has 0 aliphatic carbocycles. The topological polar surface area (TPSA) is 119 Å². The predicted molar refractivity (Wildman–Crippen MR) is 157 cm³/mol. The Hall–Kier alpha value is -3.23. The highest BCUT2D eigenvalue weighted by atomic mass is 32.2. The summed E-state index contributed by atoms with van der Waals surface area (Å²) in [6.07, 6.45) is 4.43. The first kappa shape index (κ1) is 30.3. The summed E-state index contributed by atoms with van der Waals surface area (Å²) in [7, 11) is -1.42. The zero-order chi connectivity index (χ0) is 28.4. The van der Waals surface area contributed by atoms with Gasteiger partial charge in [-0.3, -0.25) is 13.8 Å². The van der Waals surface area contributed by atoms with Gasteiger partial charge in [0, 0.05) is 24.5 Å². The molecule has 0 aromatic heterocycles. The summed E-state index contributed by atoms with van der Waals surface area (Å²) in [4.78, 5) is 24.3. The van der Waals surface area contributed by atoms with E-state index in [1.54, 1.807) is 18.2 Å². The molecule has 1 fully saturated rings. The number of amides is 2. The SMILES string of the molecule is CCC(C)CCCC(=O)Nc1cc2ccccc2cc1O.Cc1ccc(S(=O)C2(C(N)=O)CCOCC2)cc1. The third-order valence-corrected chi connectivity index (χ3v) is 9.29. The van der Waals surface area contributed by atoms with Crippen molar-refractivity contribution in [3.63, 3.8) is 0 Å². The van der Waals surface area contributed by atoms with Gasteiger partial charge in [0.25, 0.3) is 0 Å². The Morgan fingerprint density at radius 1 is 1.08 bits per heavy atom. The number of primary amides is 1. The Morgan fingerprint density at radius 3 is 2.28 bits per heavy atom. The highest BCUT2D eigenvalue weighted by Crippen LogP contribution is 2.32. The van der Waals surface area contributed by atoms with Gasteiger partial charge >= 0.3 is 0 Å². The molecule has 39 heavy (non-hydrogen) atoms. The summed E-state index contributed by atoms with van der Waals surface area (Å²) in [5.74, 6) is 0.240. The maximum atomic E-state index is 12.6. The smallest absolute Gasteiger partial charge is 0.236 e. The number of carbonyl (C=O) groups is 2. The Bertz CT molecular complexity index is 1290. The van der Waals surface area contributed by atoms with E-state index in [1.165, 1.54) is 0 Å². The van der Waals surface area contributed by atoms with Gasteiger partial charge in [0.1, 0.15) is 10.5 Å². The number of nitrogens with one attached hydrogen (secondary N) is 1. The van der Waals surface area contributed by atoms with Crippen LogP contribution >= 0.6 is 0 Å². The summed E-state index contributed by atoms with van der Waals surface area (Å²) in [5.41, 5.74) is 7.06. The lowest BCUT2D eigenvalue weighted by Gasteiger charge is -2.33. The van der Waals surface area contributed by atoms with Gasteiger partial charge in [0.15, 0.2) is 0 Å². The number of anilines is 1. The maximum absolute atomic E-state index is 12.6. The molecule has 0 saturated carbocycles. The largest absolute Gasteiger partial charge is 0.506 e. The van der Waals surface area contributed by atoms with Crippen molar-refractivity contribution in [2.24, 2.45) is 11.7 Å². The molecule has 1 saturated heterocycles. The van der Waals surface area contributed by atoms with E-state index in [4.69, 9.17) is 10.5 Å². The fourth-order valence-corrected chi connectivity index (χ4v) is 6.02. The molecule has 0 radical (unpaired) electrons. The minimum atomic E-state index is -1.42. The Labute approximate surface area is 233 Å². The molecule has 3 aromatic carbocycles. The molecule has 2 amide bonds. The number of carbonyl (C=O) groups excluding carboxylic acids is 2. The van der Waals surface area contributed by atoms with Crippen LogP contribution in [0.1, 0.15) is 57.9 Å². The molecule has 7 nitrogen and oxygen atoms in total. The van der Waals surface area contributed by atoms with Gasteiger partial charge in [-0.2, -0.15) is 0 Å². The molecule has 1 aliphatic rings. The number of aryl methyl sites for hydroxylation is 1. The molecule has 4 N–H and O–H groups in total. The van der Waals surface area contributed by atoms with Crippen LogP contribution in [-0.4, -0.2) is 39.1 Å². The van der Waals surface area contributed by atoms with Gasteiger partial charge in [-0.25, -0.2) is 0 Å². The van der Waals surface area contributed by atoms with Crippen molar-refractivity contribution >= 4 is 39.1 Å². The molecule has 8 heteroatoms. The van der Waals surface area contributed by atoms with Crippen molar-refractivity contribution < 1.29 is 23.6 Å². The van der Waals surface area contributed by atoms with E-state index < -0.39 is 21.5 Å². The third-order valence-electron chi connectivity index (χ3n) is 7.28. The second-order valence-electron chi connectivity index (χ2n) is 10.2. The molecule has 0 bridgehead atoms. The fourth-order valence-electron chi connectivity index (χ4n) is 4.47. The van der Waals surface area contributed by atoms with E-state index in [9.17, 15) is 18.9 Å². The summed E-state index contributed by atoms with van der Waals surface area (Å²) in [6.45, 7) is 7.19. The van der Waals surface area contributed by atoms with E-state index in [2.05, 4.69) is 19.2 Å². The summed E-state index contributed by atoms with van der Waals surface area (Å²) in [6, 6.07) is 18.6. The number of rotatable bonds is 9. The molecule has 2 atom stereocenters. The summed E-state index contributed by atoms with van der Waals surface area (Å²) >= 11 is 0. The van der Waals surface area contributed by atoms with Crippen LogP contribution in [0, 0.1) is 12.8 Å². The molecule has 0 spiro atoms.